The Morgan fingerprint density at radius 3 is 2.70 bits per heavy atom. The predicted molar refractivity (Wildman–Crippen MR) is 87.3 cm³/mol. The van der Waals surface area contributed by atoms with Gasteiger partial charge in [-0.25, -0.2) is 4.98 Å². The SMILES string of the molecule is CCN(Cc1cccs1)c1cc(CN)cc(C(C)C)n1. The van der Waals surface area contributed by atoms with Gasteiger partial charge >= 0.3 is 0 Å². The molecule has 2 N–H and O–H groups in total. The zero-order chi connectivity index (χ0) is 14.5. The van der Waals surface area contributed by atoms with E-state index in [0.717, 1.165) is 30.2 Å². The zero-order valence-electron chi connectivity index (χ0n) is 12.5. The Morgan fingerprint density at radius 2 is 2.15 bits per heavy atom. The van der Waals surface area contributed by atoms with Crippen LogP contribution in [-0.2, 0) is 13.1 Å². The minimum atomic E-state index is 0.417. The fourth-order valence-electron chi connectivity index (χ4n) is 2.12. The largest absolute Gasteiger partial charge is 0.352 e. The molecule has 0 spiro atoms. The molecule has 0 unspecified atom stereocenters. The van der Waals surface area contributed by atoms with Crippen molar-refractivity contribution in [2.75, 3.05) is 11.4 Å². The van der Waals surface area contributed by atoms with Crippen LogP contribution in [0.1, 0.15) is 42.8 Å². The van der Waals surface area contributed by atoms with Gasteiger partial charge in [0, 0.05) is 23.7 Å². The second-order valence-electron chi connectivity index (χ2n) is 5.21. The predicted octanol–water partition coefficient (Wildman–Crippen LogP) is 3.75. The molecule has 3 nitrogen and oxygen atoms in total. The minimum Gasteiger partial charge on any atom is -0.352 e. The van der Waals surface area contributed by atoms with Crippen molar-refractivity contribution >= 4 is 17.2 Å². The van der Waals surface area contributed by atoms with Crippen LogP contribution in [0.3, 0.4) is 0 Å². The molecule has 0 aliphatic rings. The lowest BCUT2D eigenvalue weighted by Crippen LogP contribution is -2.23. The highest BCUT2D eigenvalue weighted by Gasteiger charge is 2.11. The van der Waals surface area contributed by atoms with Gasteiger partial charge in [-0.05, 0) is 42.0 Å². The summed E-state index contributed by atoms with van der Waals surface area (Å²) in [6.07, 6.45) is 0. The molecule has 108 valence electrons. The second-order valence-corrected chi connectivity index (χ2v) is 6.24. The molecule has 0 atom stereocenters. The van der Waals surface area contributed by atoms with Gasteiger partial charge in [0.2, 0.25) is 0 Å². The minimum absolute atomic E-state index is 0.417. The number of hydrogen-bond acceptors (Lipinski definition) is 4. The summed E-state index contributed by atoms with van der Waals surface area (Å²) in [6, 6.07) is 8.50. The van der Waals surface area contributed by atoms with Crippen molar-refractivity contribution in [3.63, 3.8) is 0 Å². The van der Waals surface area contributed by atoms with Crippen LogP contribution < -0.4 is 10.6 Å². The zero-order valence-corrected chi connectivity index (χ0v) is 13.3. The van der Waals surface area contributed by atoms with Gasteiger partial charge in [0.1, 0.15) is 5.82 Å². The van der Waals surface area contributed by atoms with E-state index in [0.29, 0.717) is 12.5 Å². The molecule has 0 bridgehead atoms. The molecule has 0 radical (unpaired) electrons. The van der Waals surface area contributed by atoms with E-state index in [-0.39, 0.29) is 0 Å². The first-order valence-electron chi connectivity index (χ1n) is 7.12. The Hall–Kier alpha value is -1.39. The van der Waals surface area contributed by atoms with Gasteiger partial charge in [-0.3, -0.25) is 0 Å². The second kappa shape index (κ2) is 6.86. The van der Waals surface area contributed by atoms with Crippen molar-refractivity contribution in [3.8, 4) is 0 Å². The van der Waals surface area contributed by atoms with E-state index < -0.39 is 0 Å². The van der Waals surface area contributed by atoms with Crippen LogP contribution in [0.25, 0.3) is 0 Å². The molecular weight excluding hydrogens is 266 g/mol. The Balaban J connectivity index is 2.30. The molecule has 0 aliphatic carbocycles. The van der Waals surface area contributed by atoms with Gasteiger partial charge in [0.05, 0.1) is 6.54 Å². The molecule has 0 aliphatic heterocycles. The Morgan fingerprint density at radius 1 is 1.35 bits per heavy atom. The summed E-state index contributed by atoms with van der Waals surface area (Å²) >= 11 is 1.79. The average Bonchev–Trinajstić information content (AvgIpc) is 2.97. The summed E-state index contributed by atoms with van der Waals surface area (Å²) < 4.78 is 0. The van der Waals surface area contributed by atoms with Crippen molar-refractivity contribution in [1.29, 1.82) is 0 Å². The monoisotopic (exact) mass is 289 g/mol. The molecular formula is C16H23N3S. The summed E-state index contributed by atoms with van der Waals surface area (Å²) in [5.74, 6) is 1.45. The van der Waals surface area contributed by atoms with Gasteiger partial charge in [-0.1, -0.05) is 19.9 Å². The molecule has 0 aromatic carbocycles. The maximum atomic E-state index is 5.82. The van der Waals surface area contributed by atoms with Crippen LogP contribution in [0.15, 0.2) is 29.6 Å². The molecule has 0 saturated carbocycles. The normalized spacial score (nSPS) is 11.1. The number of nitrogens with zero attached hydrogens (tertiary/aromatic N) is 2. The van der Waals surface area contributed by atoms with Crippen molar-refractivity contribution in [2.24, 2.45) is 5.73 Å². The summed E-state index contributed by atoms with van der Waals surface area (Å²) in [6.45, 7) is 8.92. The number of anilines is 1. The maximum Gasteiger partial charge on any atom is 0.129 e. The molecule has 2 aromatic rings. The fourth-order valence-corrected chi connectivity index (χ4v) is 2.83. The summed E-state index contributed by atoms with van der Waals surface area (Å²) in [7, 11) is 0. The van der Waals surface area contributed by atoms with E-state index in [1.807, 2.05) is 0 Å². The smallest absolute Gasteiger partial charge is 0.129 e. The average molecular weight is 289 g/mol. The molecule has 20 heavy (non-hydrogen) atoms. The Kier molecular flexibility index (Phi) is 5.15. The third kappa shape index (κ3) is 3.58. The van der Waals surface area contributed by atoms with E-state index in [4.69, 9.17) is 10.7 Å². The Bertz CT molecular complexity index is 535. The van der Waals surface area contributed by atoms with Crippen LogP contribution >= 0.6 is 11.3 Å². The molecule has 2 rings (SSSR count). The van der Waals surface area contributed by atoms with Gasteiger partial charge in [0.25, 0.3) is 0 Å². The van der Waals surface area contributed by atoms with E-state index in [2.05, 4.69) is 55.3 Å². The molecule has 0 fully saturated rings. The first-order chi connectivity index (χ1) is 9.63. The first-order valence-corrected chi connectivity index (χ1v) is 8.00. The third-order valence-electron chi connectivity index (χ3n) is 3.35. The lowest BCUT2D eigenvalue weighted by Gasteiger charge is -2.23. The summed E-state index contributed by atoms with van der Waals surface area (Å²) in [5, 5.41) is 2.12. The highest BCUT2D eigenvalue weighted by molar-refractivity contribution is 7.09. The van der Waals surface area contributed by atoms with E-state index in [1.54, 1.807) is 11.3 Å². The Labute approximate surface area is 125 Å². The summed E-state index contributed by atoms with van der Waals surface area (Å²) in [4.78, 5) is 8.47. The fraction of sp³-hybridized carbons (Fsp3) is 0.438. The van der Waals surface area contributed by atoms with Crippen molar-refractivity contribution in [3.05, 3.63) is 45.8 Å². The van der Waals surface area contributed by atoms with Gasteiger partial charge in [-0.2, -0.15) is 0 Å². The number of aromatic nitrogens is 1. The van der Waals surface area contributed by atoms with Crippen molar-refractivity contribution in [2.45, 2.75) is 39.8 Å². The lowest BCUT2D eigenvalue weighted by atomic mass is 10.1. The molecule has 0 amide bonds. The van der Waals surface area contributed by atoms with Gasteiger partial charge < -0.3 is 10.6 Å². The van der Waals surface area contributed by atoms with E-state index in [1.165, 1.54) is 4.88 Å². The molecule has 2 aromatic heterocycles. The molecule has 4 heteroatoms. The highest BCUT2D eigenvalue weighted by Crippen LogP contribution is 2.22. The van der Waals surface area contributed by atoms with Crippen LogP contribution in [0.4, 0.5) is 5.82 Å². The first kappa shape index (κ1) is 15.0. The van der Waals surface area contributed by atoms with Crippen LogP contribution in [-0.4, -0.2) is 11.5 Å². The topological polar surface area (TPSA) is 42.1 Å². The number of nitrogens with two attached hydrogens (primary N) is 1. The third-order valence-corrected chi connectivity index (χ3v) is 4.21. The molecule has 0 saturated heterocycles. The van der Waals surface area contributed by atoms with E-state index >= 15 is 0 Å². The van der Waals surface area contributed by atoms with Crippen LogP contribution in [0, 0.1) is 0 Å². The lowest BCUT2D eigenvalue weighted by molar-refractivity contribution is 0.778. The van der Waals surface area contributed by atoms with Crippen LogP contribution in [0.2, 0.25) is 0 Å². The number of thiophene rings is 1. The number of pyridine rings is 1. The number of rotatable bonds is 6. The number of hydrogen-bond donors (Lipinski definition) is 1. The van der Waals surface area contributed by atoms with Crippen LogP contribution in [0.5, 0.6) is 0 Å². The standard InChI is InChI=1S/C16H23N3S/c1-4-19(11-14-6-5-7-20-14)16-9-13(10-17)8-15(18-16)12(2)3/h5-9,12H,4,10-11,17H2,1-3H3. The quantitative estimate of drug-likeness (QED) is 0.880. The molecule has 2 heterocycles. The van der Waals surface area contributed by atoms with Gasteiger partial charge in [-0.15, -0.1) is 11.3 Å². The highest BCUT2D eigenvalue weighted by atomic mass is 32.1. The summed E-state index contributed by atoms with van der Waals surface area (Å²) in [5.41, 5.74) is 8.10. The van der Waals surface area contributed by atoms with E-state index in [9.17, 15) is 0 Å². The van der Waals surface area contributed by atoms with Crippen molar-refractivity contribution < 1.29 is 0 Å². The van der Waals surface area contributed by atoms with Gasteiger partial charge in [0.15, 0.2) is 0 Å². The maximum absolute atomic E-state index is 5.82. The van der Waals surface area contributed by atoms with Crippen molar-refractivity contribution in [1.82, 2.24) is 4.98 Å².